The summed E-state index contributed by atoms with van der Waals surface area (Å²) in [4.78, 5) is 48.1. The molecule has 2 bridgehead atoms. The monoisotopic (exact) mass is 816 g/mol. The second-order valence-electron chi connectivity index (χ2n) is 18.6. The van der Waals surface area contributed by atoms with Crippen LogP contribution in [0.5, 0.6) is 0 Å². The first kappa shape index (κ1) is 39.4. The second kappa shape index (κ2) is 16.4. The molecule has 298 valence electrons. The van der Waals surface area contributed by atoms with E-state index in [1.807, 2.05) is 47.4 Å². The van der Waals surface area contributed by atoms with E-state index < -0.39 is 19.2 Å². The third kappa shape index (κ3) is 7.90. The molecule has 3 heterocycles. The molecule has 3 amide bonds. The number of nitrogens with zero attached hydrogens (tertiary/aromatic N) is 2. The molecule has 3 saturated heterocycles. The van der Waals surface area contributed by atoms with E-state index in [4.69, 9.17) is 9.31 Å². The van der Waals surface area contributed by atoms with Crippen LogP contribution >= 0.6 is 15.9 Å². The van der Waals surface area contributed by atoms with E-state index in [1.165, 1.54) is 19.3 Å². The molecule has 2 aromatic rings. The summed E-state index contributed by atoms with van der Waals surface area (Å²) in [6.07, 6.45) is 14.1. The number of carbonyl (C=O) groups is 3. The van der Waals surface area contributed by atoms with E-state index in [0.29, 0.717) is 49.1 Å². The Hall–Kier alpha value is -2.47. The van der Waals surface area contributed by atoms with Crippen molar-refractivity contribution in [3.8, 4) is 0 Å². The quantitative estimate of drug-likeness (QED) is 0.173. The maximum atomic E-state index is 15.0. The van der Waals surface area contributed by atoms with E-state index in [9.17, 15) is 9.59 Å². The molecule has 0 radical (unpaired) electrons. The van der Waals surface area contributed by atoms with Crippen LogP contribution in [0.2, 0.25) is 0 Å². The lowest BCUT2D eigenvalue weighted by Crippen LogP contribution is -2.65. The Morgan fingerprint density at radius 1 is 0.927 bits per heavy atom. The Balaban J connectivity index is 1.04. The first-order valence-corrected chi connectivity index (χ1v) is 22.7. The average Bonchev–Trinajstić information content (AvgIpc) is 3.81. The summed E-state index contributed by atoms with van der Waals surface area (Å²) in [5.41, 5.74) is 0.401. The Morgan fingerprint density at radius 2 is 1.67 bits per heavy atom. The van der Waals surface area contributed by atoms with E-state index in [0.717, 1.165) is 80.6 Å². The first-order valence-electron chi connectivity index (χ1n) is 21.6. The van der Waals surface area contributed by atoms with Crippen LogP contribution in [0.1, 0.15) is 121 Å². The molecule has 0 spiro atoms. The maximum Gasteiger partial charge on any atom is 0.481 e. The van der Waals surface area contributed by atoms with Gasteiger partial charge in [0.2, 0.25) is 11.8 Å². The van der Waals surface area contributed by atoms with Gasteiger partial charge in [0, 0.05) is 23.5 Å². The number of halogens is 1. The third-order valence-electron chi connectivity index (χ3n) is 15.0. The average molecular weight is 818 g/mol. The van der Waals surface area contributed by atoms with E-state index in [2.05, 4.69) is 52.2 Å². The van der Waals surface area contributed by atoms with Crippen molar-refractivity contribution in [3.05, 3.63) is 48.0 Å². The van der Waals surface area contributed by atoms with Gasteiger partial charge in [-0.3, -0.25) is 19.3 Å². The number of piperidine rings is 1. The zero-order chi connectivity index (χ0) is 38.3. The highest BCUT2D eigenvalue weighted by Gasteiger charge is 2.68. The fourth-order valence-electron chi connectivity index (χ4n) is 11.5. The van der Waals surface area contributed by atoms with Crippen LogP contribution in [0.3, 0.4) is 0 Å². The Bertz CT molecular complexity index is 1720. The molecule has 11 heteroatoms. The standard InChI is InChI=1S/C44H62BBrN4O5/c1-43(2)33-25-37(43)44(3)38(26-33)54-45(55-44)39(17-12-20-46)48-41(52)36-27-34(49-21-10-5-11-22-49)28-50(36)42(53)35(23-29-13-6-4-7-14-29)47-40(51)32-19-18-30-15-8-9-16-31(30)24-32/h8-9,15-16,18-19,24,29,33-39H,4-7,10-14,17,20-23,25-28H2,1-3H3,(H,47,51)(H,48,52)/t33-,34+,35+,36-,37-,38+,39-,44-/m0/s1. The number of hydrogen-bond acceptors (Lipinski definition) is 6. The van der Waals surface area contributed by atoms with Crippen molar-refractivity contribution in [1.82, 2.24) is 20.4 Å². The van der Waals surface area contributed by atoms with Crippen LogP contribution in [0.4, 0.5) is 0 Å². The summed E-state index contributed by atoms with van der Waals surface area (Å²) >= 11 is 3.62. The van der Waals surface area contributed by atoms with Gasteiger partial charge in [-0.2, -0.15) is 0 Å². The zero-order valence-corrected chi connectivity index (χ0v) is 34.9. The number of alkyl halides is 1. The molecule has 9 nitrogen and oxygen atoms in total. The predicted molar refractivity (Wildman–Crippen MR) is 221 cm³/mol. The molecule has 9 rings (SSSR count). The van der Waals surface area contributed by atoms with E-state index in [-0.39, 0.29) is 46.8 Å². The summed E-state index contributed by atoms with van der Waals surface area (Å²) < 4.78 is 13.6. The van der Waals surface area contributed by atoms with Crippen molar-refractivity contribution in [1.29, 1.82) is 0 Å². The van der Waals surface area contributed by atoms with Crippen molar-refractivity contribution in [2.24, 2.45) is 23.2 Å². The molecule has 3 aliphatic heterocycles. The van der Waals surface area contributed by atoms with Gasteiger partial charge in [-0.15, -0.1) is 0 Å². The Labute approximate surface area is 337 Å². The number of amides is 3. The smallest absolute Gasteiger partial charge is 0.404 e. The van der Waals surface area contributed by atoms with Gasteiger partial charge in [-0.05, 0) is 117 Å². The summed E-state index contributed by atoms with van der Waals surface area (Å²) in [5, 5.41) is 9.50. The molecule has 2 aromatic carbocycles. The lowest BCUT2D eigenvalue weighted by molar-refractivity contribution is -0.199. The van der Waals surface area contributed by atoms with Gasteiger partial charge >= 0.3 is 7.12 Å². The highest BCUT2D eigenvalue weighted by atomic mass is 79.9. The summed E-state index contributed by atoms with van der Waals surface area (Å²) in [6, 6.07) is 12.5. The van der Waals surface area contributed by atoms with Gasteiger partial charge in [0.05, 0.1) is 17.6 Å². The van der Waals surface area contributed by atoms with Crippen LogP contribution in [0, 0.1) is 23.2 Å². The molecule has 4 saturated carbocycles. The number of hydrogen-bond donors (Lipinski definition) is 2. The van der Waals surface area contributed by atoms with Crippen LogP contribution in [0.15, 0.2) is 42.5 Å². The number of nitrogens with one attached hydrogen (secondary N) is 2. The second-order valence-corrected chi connectivity index (χ2v) is 19.4. The van der Waals surface area contributed by atoms with Crippen molar-refractivity contribution < 1.29 is 23.7 Å². The van der Waals surface area contributed by atoms with Gasteiger partial charge in [0.25, 0.3) is 5.91 Å². The lowest BCUT2D eigenvalue weighted by Gasteiger charge is -2.64. The number of rotatable bonds is 12. The van der Waals surface area contributed by atoms with Gasteiger partial charge in [0.1, 0.15) is 12.1 Å². The van der Waals surface area contributed by atoms with Crippen LogP contribution in [0.25, 0.3) is 10.8 Å². The molecule has 7 aliphatic rings. The molecule has 4 aliphatic carbocycles. The van der Waals surface area contributed by atoms with Gasteiger partial charge in [-0.25, -0.2) is 0 Å². The predicted octanol–water partition coefficient (Wildman–Crippen LogP) is 7.29. The normalized spacial score (nSPS) is 31.7. The lowest BCUT2D eigenvalue weighted by atomic mass is 9.43. The van der Waals surface area contributed by atoms with Crippen LogP contribution in [-0.4, -0.2) is 95.4 Å². The van der Waals surface area contributed by atoms with Crippen molar-refractivity contribution in [2.45, 2.75) is 146 Å². The highest BCUT2D eigenvalue weighted by molar-refractivity contribution is 9.09. The number of carbonyl (C=O) groups excluding carboxylic acids is 3. The van der Waals surface area contributed by atoms with Crippen molar-refractivity contribution in [2.75, 3.05) is 25.0 Å². The number of benzene rings is 2. The minimum absolute atomic E-state index is 0.0254. The minimum atomic E-state index is -0.707. The van der Waals surface area contributed by atoms with Crippen LogP contribution in [-0.2, 0) is 18.9 Å². The first-order chi connectivity index (χ1) is 26.5. The molecular formula is C44H62BBrN4O5. The molecular weight excluding hydrogens is 755 g/mol. The fourth-order valence-corrected chi connectivity index (χ4v) is 11.9. The largest absolute Gasteiger partial charge is 0.481 e. The number of fused-ring (bicyclic) bond motifs is 1. The third-order valence-corrected chi connectivity index (χ3v) is 15.5. The highest BCUT2D eigenvalue weighted by Crippen LogP contribution is 2.65. The summed E-state index contributed by atoms with van der Waals surface area (Å²) in [5.74, 6) is 0.589. The molecule has 0 aromatic heterocycles. The van der Waals surface area contributed by atoms with Crippen molar-refractivity contribution >= 4 is 51.5 Å². The Kier molecular flexibility index (Phi) is 11.8. The summed E-state index contributed by atoms with van der Waals surface area (Å²) in [6.45, 7) is 9.42. The van der Waals surface area contributed by atoms with E-state index in [1.54, 1.807) is 0 Å². The molecule has 7 fully saturated rings. The molecule has 8 atom stereocenters. The SMILES string of the molecule is CC1(C)[C@@H]2C[C@H]3OB([C@H](CCCBr)NC(=O)[C@@H]4C[C@@H](N5CCCCC5)CN4C(=O)[C@@H](CC4CCCCC4)NC(=O)c4ccc5ccccc5c4)O[C@@]3(C)[C@H]1C2. The summed E-state index contributed by atoms with van der Waals surface area (Å²) in [7, 11) is -0.531. The molecule has 55 heavy (non-hydrogen) atoms. The van der Waals surface area contributed by atoms with Gasteiger partial charge in [-0.1, -0.05) is 98.6 Å². The van der Waals surface area contributed by atoms with Gasteiger partial charge < -0.3 is 24.8 Å². The zero-order valence-electron chi connectivity index (χ0n) is 33.3. The van der Waals surface area contributed by atoms with E-state index >= 15 is 4.79 Å². The number of likely N-dealkylation sites (tertiary alicyclic amines) is 2. The maximum absolute atomic E-state index is 15.0. The fraction of sp³-hybridized carbons (Fsp3) is 0.705. The minimum Gasteiger partial charge on any atom is -0.404 e. The van der Waals surface area contributed by atoms with Crippen molar-refractivity contribution in [3.63, 3.8) is 0 Å². The topological polar surface area (TPSA) is 100 Å². The van der Waals surface area contributed by atoms with Gasteiger partial charge in [0.15, 0.2) is 0 Å². The molecule has 0 unspecified atom stereocenters. The Morgan fingerprint density at radius 3 is 2.42 bits per heavy atom. The van der Waals surface area contributed by atoms with Crippen LogP contribution < -0.4 is 10.6 Å². The molecule has 2 N–H and O–H groups in total.